The monoisotopic (exact) mass is 343 g/mol. The Balaban J connectivity index is 2.12. The normalized spacial score (nSPS) is 10.4. The number of nitrogens with zero attached hydrogens (tertiary/aromatic N) is 1. The molecule has 0 aliphatic carbocycles. The van der Waals surface area contributed by atoms with E-state index in [9.17, 15) is 4.79 Å². The third-order valence-electron chi connectivity index (χ3n) is 2.51. The topological polar surface area (TPSA) is 20.3 Å². The van der Waals surface area contributed by atoms with E-state index in [2.05, 4.69) is 15.9 Å². The molecule has 2 nitrogen and oxygen atoms in total. The van der Waals surface area contributed by atoms with E-state index in [1.807, 2.05) is 16.8 Å². The largest absolute Gasteiger partial charge is 0.337 e. The zero-order chi connectivity index (χ0) is 13.1. The van der Waals surface area contributed by atoms with E-state index in [-0.39, 0.29) is 5.91 Å². The lowest BCUT2D eigenvalue weighted by molar-refractivity contribution is 0.0785. The fraction of sp³-hybridized carbons (Fsp3) is 0.154. The Bertz CT molecular complexity index is 556. The molecule has 0 atom stereocenters. The minimum Gasteiger partial charge on any atom is -0.337 e. The number of amides is 1. The molecular weight excluding hydrogens is 334 g/mol. The molecule has 0 aliphatic rings. The van der Waals surface area contributed by atoms with Crippen molar-refractivity contribution in [2.45, 2.75) is 6.54 Å². The lowest BCUT2D eigenvalue weighted by Crippen LogP contribution is -2.25. The summed E-state index contributed by atoms with van der Waals surface area (Å²) in [4.78, 5) is 13.9. The van der Waals surface area contributed by atoms with Crippen LogP contribution in [0, 0.1) is 0 Å². The number of benzene rings is 1. The van der Waals surface area contributed by atoms with Crippen LogP contribution in [0.25, 0.3) is 0 Å². The fourth-order valence-corrected chi connectivity index (χ4v) is 2.66. The number of rotatable bonds is 3. The second-order valence-corrected chi connectivity index (χ2v) is 5.96. The maximum atomic E-state index is 12.2. The predicted octanol–water partition coefficient (Wildman–Crippen LogP) is 4.44. The van der Waals surface area contributed by atoms with Crippen molar-refractivity contribution in [1.82, 2.24) is 4.90 Å². The van der Waals surface area contributed by atoms with E-state index >= 15 is 0 Å². The highest BCUT2D eigenvalue weighted by atomic mass is 79.9. The SMILES string of the molecule is CN(Cc1ccsc1)C(=O)c1ccc(Br)c(Cl)c1. The van der Waals surface area contributed by atoms with Gasteiger partial charge in [0.1, 0.15) is 0 Å². The van der Waals surface area contributed by atoms with Crippen LogP contribution in [0.2, 0.25) is 5.02 Å². The Kier molecular flexibility index (Phi) is 4.43. The van der Waals surface area contributed by atoms with Gasteiger partial charge >= 0.3 is 0 Å². The van der Waals surface area contributed by atoms with Crippen LogP contribution in [0.5, 0.6) is 0 Å². The van der Waals surface area contributed by atoms with E-state index in [0.29, 0.717) is 17.1 Å². The van der Waals surface area contributed by atoms with Crippen molar-refractivity contribution in [3.05, 3.63) is 55.6 Å². The van der Waals surface area contributed by atoms with Gasteiger partial charge in [-0.2, -0.15) is 11.3 Å². The molecule has 1 aromatic carbocycles. The number of carbonyl (C=O) groups is 1. The lowest BCUT2D eigenvalue weighted by Gasteiger charge is -2.16. The van der Waals surface area contributed by atoms with Crippen molar-refractivity contribution in [1.29, 1.82) is 0 Å². The molecule has 0 saturated carbocycles. The highest BCUT2D eigenvalue weighted by Gasteiger charge is 2.13. The first-order valence-electron chi connectivity index (χ1n) is 5.29. The molecule has 0 aliphatic heterocycles. The molecule has 0 saturated heterocycles. The molecule has 0 N–H and O–H groups in total. The molecule has 2 rings (SSSR count). The van der Waals surface area contributed by atoms with Crippen LogP contribution in [0.4, 0.5) is 0 Å². The maximum Gasteiger partial charge on any atom is 0.253 e. The molecule has 0 radical (unpaired) electrons. The Labute approximate surface area is 123 Å². The summed E-state index contributed by atoms with van der Waals surface area (Å²) in [6.45, 7) is 0.607. The Hall–Kier alpha value is -0.840. The minimum absolute atomic E-state index is 0.0319. The summed E-state index contributed by atoms with van der Waals surface area (Å²) in [7, 11) is 1.79. The van der Waals surface area contributed by atoms with Crippen molar-refractivity contribution in [2.24, 2.45) is 0 Å². The van der Waals surface area contributed by atoms with Crippen molar-refractivity contribution in [2.75, 3.05) is 7.05 Å². The number of halogens is 2. The van der Waals surface area contributed by atoms with Gasteiger partial charge in [0.2, 0.25) is 0 Å². The molecule has 18 heavy (non-hydrogen) atoms. The molecule has 0 fully saturated rings. The molecular formula is C13H11BrClNOS. The van der Waals surface area contributed by atoms with Crippen LogP contribution in [-0.2, 0) is 6.54 Å². The van der Waals surface area contributed by atoms with E-state index in [0.717, 1.165) is 10.0 Å². The molecule has 1 amide bonds. The van der Waals surface area contributed by atoms with Gasteiger partial charge < -0.3 is 4.90 Å². The van der Waals surface area contributed by atoms with Gasteiger partial charge in [0, 0.05) is 23.6 Å². The molecule has 0 spiro atoms. The van der Waals surface area contributed by atoms with Crippen molar-refractivity contribution in [3.8, 4) is 0 Å². The zero-order valence-corrected chi connectivity index (χ0v) is 12.8. The number of hydrogen-bond donors (Lipinski definition) is 0. The minimum atomic E-state index is -0.0319. The second kappa shape index (κ2) is 5.87. The molecule has 1 aromatic heterocycles. The maximum absolute atomic E-state index is 12.2. The van der Waals surface area contributed by atoms with Crippen LogP contribution in [0.15, 0.2) is 39.5 Å². The number of thiophene rings is 1. The van der Waals surface area contributed by atoms with Crippen molar-refractivity contribution < 1.29 is 4.79 Å². The molecule has 2 aromatic rings. The summed E-state index contributed by atoms with van der Waals surface area (Å²) in [5.41, 5.74) is 1.74. The van der Waals surface area contributed by atoms with Crippen molar-refractivity contribution >= 4 is 44.8 Å². The predicted molar refractivity (Wildman–Crippen MR) is 79.3 cm³/mol. The van der Waals surface area contributed by atoms with Crippen LogP contribution in [0.1, 0.15) is 15.9 Å². The van der Waals surface area contributed by atoms with Gasteiger partial charge in [0.05, 0.1) is 5.02 Å². The first kappa shape index (κ1) is 13.6. The van der Waals surface area contributed by atoms with Gasteiger partial charge in [-0.3, -0.25) is 4.79 Å². The van der Waals surface area contributed by atoms with Gasteiger partial charge in [-0.05, 0) is 56.5 Å². The van der Waals surface area contributed by atoms with E-state index < -0.39 is 0 Å². The standard InChI is InChI=1S/C13H11BrClNOS/c1-16(7-9-4-5-18-8-9)13(17)10-2-3-11(14)12(15)6-10/h2-6,8H,7H2,1H3. The Morgan fingerprint density at radius 3 is 2.83 bits per heavy atom. The molecule has 94 valence electrons. The van der Waals surface area contributed by atoms with Gasteiger partial charge in [-0.15, -0.1) is 0 Å². The zero-order valence-electron chi connectivity index (χ0n) is 9.69. The quantitative estimate of drug-likeness (QED) is 0.806. The molecule has 1 heterocycles. The average Bonchev–Trinajstić information content (AvgIpc) is 2.84. The highest BCUT2D eigenvalue weighted by molar-refractivity contribution is 9.10. The third kappa shape index (κ3) is 3.13. The van der Waals surface area contributed by atoms with Crippen molar-refractivity contribution in [3.63, 3.8) is 0 Å². The lowest BCUT2D eigenvalue weighted by atomic mass is 10.2. The molecule has 5 heteroatoms. The van der Waals surface area contributed by atoms with E-state index in [1.54, 1.807) is 41.5 Å². The van der Waals surface area contributed by atoms with Crippen LogP contribution >= 0.6 is 38.9 Å². The Morgan fingerprint density at radius 2 is 2.22 bits per heavy atom. The Morgan fingerprint density at radius 1 is 1.44 bits per heavy atom. The van der Waals surface area contributed by atoms with Crippen LogP contribution < -0.4 is 0 Å². The van der Waals surface area contributed by atoms with Gasteiger partial charge in [-0.25, -0.2) is 0 Å². The summed E-state index contributed by atoms with van der Waals surface area (Å²) in [5, 5.41) is 4.59. The average molecular weight is 345 g/mol. The summed E-state index contributed by atoms with van der Waals surface area (Å²) in [6.07, 6.45) is 0. The molecule has 0 unspecified atom stereocenters. The number of hydrogen-bond acceptors (Lipinski definition) is 2. The van der Waals surface area contributed by atoms with E-state index in [4.69, 9.17) is 11.6 Å². The second-order valence-electron chi connectivity index (χ2n) is 3.92. The summed E-state index contributed by atoms with van der Waals surface area (Å²) in [6, 6.07) is 7.25. The number of carbonyl (C=O) groups excluding carboxylic acids is 1. The van der Waals surface area contributed by atoms with E-state index in [1.165, 1.54) is 0 Å². The van der Waals surface area contributed by atoms with Gasteiger partial charge in [0.15, 0.2) is 0 Å². The van der Waals surface area contributed by atoms with Crippen LogP contribution in [0.3, 0.4) is 0 Å². The smallest absolute Gasteiger partial charge is 0.253 e. The summed E-state index contributed by atoms with van der Waals surface area (Å²) in [5.74, 6) is -0.0319. The fourth-order valence-electron chi connectivity index (χ4n) is 1.58. The van der Waals surface area contributed by atoms with Gasteiger partial charge in [0.25, 0.3) is 5.91 Å². The third-order valence-corrected chi connectivity index (χ3v) is 4.48. The highest BCUT2D eigenvalue weighted by Crippen LogP contribution is 2.24. The van der Waals surface area contributed by atoms with Crippen LogP contribution in [-0.4, -0.2) is 17.9 Å². The summed E-state index contributed by atoms with van der Waals surface area (Å²) >= 11 is 10.9. The summed E-state index contributed by atoms with van der Waals surface area (Å²) < 4.78 is 0.793. The first-order chi connectivity index (χ1) is 8.58. The van der Waals surface area contributed by atoms with Gasteiger partial charge in [-0.1, -0.05) is 11.6 Å². The first-order valence-corrected chi connectivity index (χ1v) is 7.41. The molecule has 0 bridgehead atoms.